The highest BCUT2D eigenvalue weighted by Crippen LogP contribution is 2.29. The molecule has 1 aliphatic rings. The number of aromatic amines is 1. The Labute approximate surface area is 92.7 Å². The molecule has 0 saturated carbocycles. The normalized spacial score (nSPS) is 13.2. The van der Waals surface area contributed by atoms with E-state index in [1.165, 1.54) is 11.6 Å². The van der Waals surface area contributed by atoms with E-state index in [-0.39, 0.29) is 5.56 Å². The molecule has 0 amide bonds. The van der Waals surface area contributed by atoms with Crippen molar-refractivity contribution in [2.75, 3.05) is 6.61 Å². The molecule has 0 fully saturated rings. The summed E-state index contributed by atoms with van der Waals surface area (Å²) in [7, 11) is 0. The highest BCUT2D eigenvalue weighted by atomic mass is 16.5. The zero-order valence-electron chi connectivity index (χ0n) is 8.69. The van der Waals surface area contributed by atoms with Crippen LogP contribution in [0.3, 0.4) is 0 Å². The number of benzene rings is 1. The van der Waals surface area contributed by atoms with Gasteiger partial charge in [-0.2, -0.15) is 0 Å². The SMILES string of the molecule is O=c1cccc(-c2ccc3c(c2)CCO3)[nH]1. The van der Waals surface area contributed by atoms with Crippen molar-refractivity contribution in [2.24, 2.45) is 0 Å². The van der Waals surface area contributed by atoms with Crippen molar-refractivity contribution in [2.45, 2.75) is 6.42 Å². The summed E-state index contributed by atoms with van der Waals surface area (Å²) in [6, 6.07) is 11.2. The lowest BCUT2D eigenvalue weighted by molar-refractivity contribution is 0.357. The second-order valence-corrected chi connectivity index (χ2v) is 3.85. The summed E-state index contributed by atoms with van der Waals surface area (Å²) in [4.78, 5) is 14.0. The lowest BCUT2D eigenvalue weighted by Crippen LogP contribution is -2.03. The van der Waals surface area contributed by atoms with Gasteiger partial charge in [-0.25, -0.2) is 0 Å². The summed E-state index contributed by atoms with van der Waals surface area (Å²) in [6.07, 6.45) is 0.945. The summed E-state index contributed by atoms with van der Waals surface area (Å²) >= 11 is 0. The van der Waals surface area contributed by atoms with Crippen LogP contribution < -0.4 is 10.3 Å². The minimum Gasteiger partial charge on any atom is -0.493 e. The number of ether oxygens (including phenoxy) is 1. The van der Waals surface area contributed by atoms with E-state index in [0.717, 1.165) is 30.0 Å². The summed E-state index contributed by atoms with van der Waals surface area (Å²) < 4.78 is 5.44. The van der Waals surface area contributed by atoms with Crippen LogP contribution in [0.1, 0.15) is 5.56 Å². The Bertz CT molecular complexity index is 586. The molecular formula is C13H11NO2. The zero-order chi connectivity index (χ0) is 11.0. The Morgan fingerprint density at radius 3 is 3.00 bits per heavy atom. The van der Waals surface area contributed by atoms with E-state index < -0.39 is 0 Å². The molecule has 1 aromatic heterocycles. The molecular weight excluding hydrogens is 202 g/mol. The molecule has 3 rings (SSSR count). The number of pyridine rings is 1. The van der Waals surface area contributed by atoms with Gasteiger partial charge in [-0.05, 0) is 35.4 Å². The lowest BCUT2D eigenvalue weighted by Gasteiger charge is -2.03. The van der Waals surface area contributed by atoms with Crippen molar-refractivity contribution < 1.29 is 4.74 Å². The number of fused-ring (bicyclic) bond motifs is 1. The van der Waals surface area contributed by atoms with Crippen LogP contribution in [0, 0.1) is 0 Å². The first-order chi connectivity index (χ1) is 7.83. The first-order valence-corrected chi connectivity index (χ1v) is 5.28. The monoisotopic (exact) mass is 213 g/mol. The second-order valence-electron chi connectivity index (χ2n) is 3.85. The Morgan fingerprint density at radius 2 is 2.12 bits per heavy atom. The largest absolute Gasteiger partial charge is 0.493 e. The predicted molar refractivity (Wildman–Crippen MR) is 61.7 cm³/mol. The Balaban J connectivity index is 2.10. The highest BCUT2D eigenvalue weighted by Gasteiger charge is 2.12. The number of H-pyrrole nitrogens is 1. The van der Waals surface area contributed by atoms with Crippen molar-refractivity contribution in [1.82, 2.24) is 4.98 Å². The molecule has 3 heteroatoms. The van der Waals surface area contributed by atoms with Crippen LogP contribution in [0.4, 0.5) is 0 Å². The Morgan fingerprint density at radius 1 is 1.19 bits per heavy atom. The molecule has 0 radical (unpaired) electrons. The molecule has 0 aliphatic carbocycles. The average Bonchev–Trinajstić information content (AvgIpc) is 2.75. The van der Waals surface area contributed by atoms with Gasteiger partial charge in [-0.3, -0.25) is 4.79 Å². The fourth-order valence-corrected chi connectivity index (χ4v) is 1.97. The van der Waals surface area contributed by atoms with Gasteiger partial charge in [0.15, 0.2) is 0 Å². The van der Waals surface area contributed by atoms with E-state index in [1.54, 1.807) is 6.07 Å². The minimum absolute atomic E-state index is 0.0748. The topological polar surface area (TPSA) is 42.1 Å². The van der Waals surface area contributed by atoms with Crippen molar-refractivity contribution in [3.63, 3.8) is 0 Å². The van der Waals surface area contributed by atoms with Crippen LogP contribution in [0.25, 0.3) is 11.3 Å². The van der Waals surface area contributed by atoms with E-state index >= 15 is 0 Å². The minimum atomic E-state index is -0.0748. The van der Waals surface area contributed by atoms with Crippen molar-refractivity contribution in [3.05, 3.63) is 52.3 Å². The van der Waals surface area contributed by atoms with Gasteiger partial charge in [0.2, 0.25) is 5.56 Å². The van der Waals surface area contributed by atoms with Crippen molar-refractivity contribution in [1.29, 1.82) is 0 Å². The lowest BCUT2D eigenvalue weighted by atomic mass is 10.1. The molecule has 1 N–H and O–H groups in total. The molecule has 0 atom stereocenters. The molecule has 0 bridgehead atoms. The number of nitrogens with one attached hydrogen (secondary N) is 1. The molecule has 0 spiro atoms. The first kappa shape index (κ1) is 9.21. The maximum absolute atomic E-state index is 11.2. The van der Waals surface area contributed by atoms with E-state index in [1.807, 2.05) is 18.2 Å². The smallest absolute Gasteiger partial charge is 0.248 e. The maximum Gasteiger partial charge on any atom is 0.248 e. The van der Waals surface area contributed by atoms with Gasteiger partial charge in [-0.15, -0.1) is 0 Å². The second kappa shape index (κ2) is 3.52. The van der Waals surface area contributed by atoms with Gasteiger partial charge in [-0.1, -0.05) is 6.07 Å². The van der Waals surface area contributed by atoms with Crippen molar-refractivity contribution in [3.8, 4) is 17.0 Å². The third-order valence-electron chi connectivity index (χ3n) is 2.77. The zero-order valence-corrected chi connectivity index (χ0v) is 8.69. The fraction of sp³-hybridized carbons (Fsp3) is 0.154. The Kier molecular flexibility index (Phi) is 2.03. The van der Waals surface area contributed by atoms with E-state index in [0.29, 0.717) is 0 Å². The summed E-state index contributed by atoms with van der Waals surface area (Å²) in [5.41, 5.74) is 3.01. The van der Waals surface area contributed by atoms with Crippen molar-refractivity contribution >= 4 is 0 Å². The number of aromatic nitrogens is 1. The quantitative estimate of drug-likeness (QED) is 0.787. The fourth-order valence-electron chi connectivity index (χ4n) is 1.97. The number of hydrogen-bond donors (Lipinski definition) is 1. The van der Waals surface area contributed by atoms with Gasteiger partial charge < -0.3 is 9.72 Å². The summed E-state index contributed by atoms with van der Waals surface area (Å²) in [5.74, 6) is 0.960. The van der Waals surface area contributed by atoms with Crippen LogP contribution in [0.15, 0.2) is 41.2 Å². The Hall–Kier alpha value is -2.03. The van der Waals surface area contributed by atoms with Gasteiger partial charge in [0.05, 0.1) is 6.61 Å². The molecule has 16 heavy (non-hydrogen) atoms. The van der Waals surface area contributed by atoms with Gasteiger partial charge in [0.25, 0.3) is 0 Å². The van der Waals surface area contributed by atoms with E-state index in [9.17, 15) is 4.79 Å². The van der Waals surface area contributed by atoms with Gasteiger partial charge in [0, 0.05) is 18.2 Å². The molecule has 2 aromatic rings. The maximum atomic E-state index is 11.2. The average molecular weight is 213 g/mol. The highest BCUT2D eigenvalue weighted by molar-refractivity contribution is 5.62. The third-order valence-corrected chi connectivity index (χ3v) is 2.77. The third kappa shape index (κ3) is 1.50. The molecule has 1 aliphatic heterocycles. The standard InChI is InChI=1S/C13H11NO2/c15-13-3-1-2-11(14-13)9-4-5-12-10(8-9)6-7-16-12/h1-5,8H,6-7H2,(H,14,15). The van der Waals surface area contributed by atoms with Gasteiger partial charge in [0.1, 0.15) is 5.75 Å². The molecule has 0 unspecified atom stereocenters. The molecule has 80 valence electrons. The van der Waals surface area contributed by atoms with Gasteiger partial charge >= 0.3 is 0 Å². The predicted octanol–water partition coefficient (Wildman–Crippen LogP) is 1.98. The molecule has 1 aromatic carbocycles. The van der Waals surface area contributed by atoms with Crippen LogP contribution in [-0.2, 0) is 6.42 Å². The van der Waals surface area contributed by atoms with E-state index in [4.69, 9.17) is 4.74 Å². The molecule has 2 heterocycles. The number of rotatable bonds is 1. The molecule has 0 saturated heterocycles. The van der Waals surface area contributed by atoms with E-state index in [2.05, 4.69) is 11.1 Å². The van der Waals surface area contributed by atoms with Crippen LogP contribution in [0.2, 0.25) is 0 Å². The van der Waals surface area contributed by atoms with Crippen LogP contribution >= 0.6 is 0 Å². The van der Waals surface area contributed by atoms with Crippen LogP contribution in [0.5, 0.6) is 5.75 Å². The number of hydrogen-bond acceptors (Lipinski definition) is 2. The van der Waals surface area contributed by atoms with Crippen LogP contribution in [-0.4, -0.2) is 11.6 Å². The summed E-state index contributed by atoms with van der Waals surface area (Å²) in [5, 5.41) is 0. The summed E-state index contributed by atoms with van der Waals surface area (Å²) in [6.45, 7) is 0.754. The molecule has 3 nitrogen and oxygen atoms in total. The first-order valence-electron chi connectivity index (χ1n) is 5.28.